The molecule has 100 valence electrons. The summed E-state index contributed by atoms with van der Waals surface area (Å²) in [5.74, 6) is 0. The van der Waals surface area contributed by atoms with Crippen LogP contribution < -0.4 is 11.3 Å². The predicted octanol–water partition coefficient (Wildman–Crippen LogP) is 1.87. The maximum Gasteiger partial charge on any atom is 0.267 e. The van der Waals surface area contributed by atoms with Gasteiger partial charge in [0.2, 0.25) is 0 Å². The van der Waals surface area contributed by atoms with Crippen LogP contribution in [0.5, 0.6) is 0 Å². The Bertz CT molecular complexity index is 646. The van der Waals surface area contributed by atoms with Crippen molar-refractivity contribution in [1.29, 1.82) is 0 Å². The second kappa shape index (κ2) is 5.36. The number of nitrogens with zero attached hydrogens (tertiary/aromatic N) is 2. The first-order chi connectivity index (χ1) is 8.97. The van der Waals surface area contributed by atoms with Crippen molar-refractivity contribution in [2.45, 2.75) is 33.4 Å². The first kappa shape index (κ1) is 13.5. The van der Waals surface area contributed by atoms with Crippen molar-refractivity contribution < 1.29 is 0 Å². The largest absolute Gasteiger partial charge is 0.322 e. The third-order valence-electron chi connectivity index (χ3n) is 3.20. The van der Waals surface area contributed by atoms with E-state index in [0.717, 1.165) is 16.7 Å². The SMILES string of the molecule is Cc1ccc(C(N)Cn2ncc(C)cc2=O)c(C)c1. The lowest BCUT2D eigenvalue weighted by Gasteiger charge is -2.16. The highest BCUT2D eigenvalue weighted by molar-refractivity contribution is 5.32. The van der Waals surface area contributed by atoms with Crippen LogP contribution in [0.25, 0.3) is 0 Å². The molecule has 4 heteroatoms. The molecule has 1 aromatic heterocycles. The number of benzene rings is 1. The van der Waals surface area contributed by atoms with Gasteiger partial charge in [0.1, 0.15) is 0 Å². The molecule has 1 atom stereocenters. The van der Waals surface area contributed by atoms with Crippen molar-refractivity contribution >= 4 is 0 Å². The topological polar surface area (TPSA) is 60.9 Å². The highest BCUT2D eigenvalue weighted by Crippen LogP contribution is 2.17. The van der Waals surface area contributed by atoms with Crippen LogP contribution in [-0.4, -0.2) is 9.78 Å². The maximum atomic E-state index is 11.8. The third kappa shape index (κ3) is 3.09. The molecular formula is C15H19N3O. The molecule has 0 aliphatic carbocycles. The molecule has 0 saturated heterocycles. The Kier molecular flexibility index (Phi) is 3.81. The summed E-state index contributed by atoms with van der Waals surface area (Å²) in [7, 11) is 0. The van der Waals surface area contributed by atoms with Gasteiger partial charge in [-0.25, -0.2) is 4.68 Å². The Hall–Kier alpha value is -1.94. The van der Waals surface area contributed by atoms with Crippen LogP contribution >= 0.6 is 0 Å². The van der Waals surface area contributed by atoms with E-state index in [1.165, 1.54) is 10.2 Å². The zero-order chi connectivity index (χ0) is 14.0. The highest BCUT2D eigenvalue weighted by Gasteiger charge is 2.11. The fourth-order valence-electron chi connectivity index (χ4n) is 2.19. The minimum absolute atomic E-state index is 0.111. The molecule has 1 aromatic carbocycles. The van der Waals surface area contributed by atoms with Crippen LogP contribution in [0.2, 0.25) is 0 Å². The van der Waals surface area contributed by atoms with Crippen molar-refractivity contribution in [3.63, 3.8) is 0 Å². The number of aromatic nitrogens is 2. The second-order valence-electron chi connectivity index (χ2n) is 5.02. The molecule has 1 unspecified atom stereocenters. The van der Waals surface area contributed by atoms with Crippen LogP contribution in [-0.2, 0) is 6.54 Å². The predicted molar refractivity (Wildman–Crippen MR) is 76.1 cm³/mol. The van der Waals surface area contributed by atoms with E-state index in [-0.39, 0.29) is 11.6 Å². The van der Waals surface area contributed by atoms with Crippen molar-refractivity contribution in [2.75, 3.05) is 0 Å². The molecule has 1 heterocycles. The molecule has 0 aliphatic rings. The zero-order valence-corrected chi connectivity index (χ0v) is 11.6. The van der Waals surface area contributed by atoms with E-state index in [4.69, 9.17) is 5.73 Å². The van der Waals surface area contributed by atoms with Crippen molar-refractivity contribution in [2.24, 2.45) is 5.73 Å². The third-order valence-corrected chi connectivity index (χ3v) is 3.20. The van der Waals surface area contributed by atoms with Gasteiger partial charge in [0.05, 0.1) is 12.7 Å². The van der Waals surface area contributed by atoms with E-state index in [1.807, 2.05) is 32.9 Å². The summed E-state index contributed by atoms with van der Waals surface area (Å²) in [6, 6.07) is 7.50. The lowest BCUT2D eigenvalue weighted by molar-refractivity contribution is 0.501. The average Bonchev–Trinajstić information content (AvgIpc) is 2.32. The summed E-state index contributed by atoms with van der Waals surface area (Å²) in [6.07, 6.45) is 1.68. The molecule has 0 bridgehead atoms. The standard InChI is InChI=1S/C15H19N3O/c1-10-4-5-13(12(3)6-10)14(16)9-18-15(19)7-11(2)8-17-18/h4-8,14H,9,16H2,1-3H3. The Morgan fingerprint density at radius 2 is 1.95 bits per heavy atom. The van der Waals surface area contributed by atoms with E-state index in [0.29, 0.717) is 6.54 Å². The van der Waals surface area contributed by atoms with Gasteiger partial charge in [-0.05, 0) is 37.5 Å². The minimum Gasteiger partial charge on any atom is -0.322 e. The van der Waals surface area contributed by atoms with Crippen LogP contribution in [0.4, 0.5) is 0 Å². The quantitative estimate of drug-likeness (QED) is 0.913. The number of hydrogen-bond donors (Lipinski definition) is 1. The number of hydrogen-bond acceptors (Lipinski definition) is 3. The molecule has 0 fully saturated rings. The van der Waals surface area contributed by atoms with E-state index in [9.17, 15) is 4.79 Å². The van der Waals surface area contributed by atoms with Gasteiger partial charge in [0, 0.05) is 12.1 Å². The molecule has 2 aromatic rings. The molecule has 0 aliphatic heterocycles. The van der Waals surface area contributed by atoms with Gasteiger partial charge in [-0.2, -0.15) is 5.10 Å². The van der Waals surface area contributed by atoms with Gasteiger partial charge in [0.25, 0.3) is 5.56 Å². The summed E-state index contributed by atoms with van der Waals surface area (Å²) < 4.78 is 1.41. The van der Waals surface area contributed by atoms with Gasteiger partial charge in [0.15, 0.2) is 0 Å². The summed E-state index contributed by atoms with van der Waals surface area (Å²) >= 11 is 0. The zero-order valence-electron chi connectivity index (χ0n) is 11.6. The van der Waals surface area contributed by atoms with E-state index < -0.39 is 0 Å². The maximum absolute atomic E-state index is 11.8. The highest BCUT2D eigenvalue weighted by atomic mass is 16.1. The molecule has 2 N–H and O–H groups in total. The van der Waals surface area contributed by atoms with Crippen molar-refractivity contribution in [1.82, 2.24) is 9.78 Å². The van der Waals surface area contributed by atoms with Crippen LogP contribution in [0.1, 0.15) is 28.3 Å². The Morgan fingerprint density at radius 1 is 1.21 bits per heavy atom. The monoisotopic (exact) mass is 257 g/mol. The lowest BCUT2D eigenvalue weighted by Crippen LogP contribution is -2.28. The lowest BCUT2D eigenvalue weighted by atomic mass is 10.00. The van der Waals surface area contributed by atoms with E-state index >= 15 is 0 Å². The Balaban J connectivity index is 2.25. The van der Waals surface area contributed by atoms with E-state index in [1.54, 1.807) is 12.3 Å². The molecule has 0 spiro atoms. The molecule has 19 heavy (non-hydrogen) atoms. The smallest absolute Gasteiger partial charge is 0.267 e. The van der Waals surface area contributed by atoms with Gasteiger partial charge in [-0.3, -0.25) is 4.79 Å². The molecule has 2 rings (SSSR count). The molecule has 0 radical (unpaired) electrons. The van der Waals surface area contributed by atoms with Crippen LogP contribution in [0.3, 0.4) is 0 Å². The Labute approximate surface area is 112 Å². The molecule has 4 nitrogen and oxygen atoms in total. The first-order valence-electron chi connectivity index (χ1n) is 6.34. The normalized spacial score (nSPS) is 12.4. The summed E-state index contributed by atoms with van der Waals surface area (Å²) in [4.78, 5) is 11.8. The fourth-order valence-corrected chi connectivity index (χ4v) is 2.19. The van der Waals surface area contributed by atoms with Gasteiger partial charge in [-0.1, -0.05) is 23.8 Å². The Morgan fingerprint density at radius 3 is 2.58 bits per heavy atom. The summed E-state index contributed by atoms with van der Waals surface area (Å²) in [5.41, 5.74) is 10.3. The van der Waals surface area contributed by atoms with Gasteiger partial charge >= 0.3 is 0 Å². The number of aryl methyl sites for hydroxylation is 3. The number of rotatable bonds is 3. The van der Waals surface area contributed by atoms with Crippen molar-refractivity contribution in [3.05, 3.63) is 63.1 Å². The van der Waals surface area contributed by atoms with Crippen LogP contribution in [0.15, 0.2) is 35.3 Å². The van der Waals surface area contributed by atoms with Crippen molar-refractivity contribution in [3.8, 4) is 0 Å². The average molecular weight is 257 g/mol. The first-order valence-corrected chi connectivity index (χ1v) is 6.34. The summed E-state index contributed by atoms with van der Waals surface area (Å²) in [6.45, 7) is 6.33. The second-order valence-corrected chi connectivity index (χ2v) is 5.02. The van der Waals surface area contributed by atoms with Gasteiger partial charge in [-0.15, -0.1) is 0 Å². The molecule has 0 amide bonds. The molecule has 0 saturated carbocycles. The van der Waals surface area contributed by atoms with Crippen LogP contribution in [0, 0.1) is 20.8 Å². The summed E-state index contributed by atoms with van der Waals surface area (Å²) in [5, 5.41) is 4.11. The minimum atomic E-state index is -0.228. The van der Waals surface area contributed by atoms with Gasteiger partial charge < -0.3 is 5.73 Å². The van der Waals surface area contributed by atoms with E-state index in [2.05, 4.69) is 11.2 Å². The molecular weight excluding hydrogens is 238 g/mol. The fraction of sp³-hybridized carbons (Fsp3) is 0.333. The number of nitrogens with two attached hydrogens (primary N) is 1.